The zero-order valence-electron chi connectivity index (χ0n) is 16.1. The number of nitrogens with zero attached hydrogens (tertiary/aromatic N) is 2. The number of aromatic hydroxyl groups is 1. The first-order chi connectivity index (χ1) is 13.4. The largest absolute Gasteiger partial charge is 0.504 e. The Kier molecular flexibility index (Phi) is 6.61. The van der Waals surface area contributed by atoms with Crippen LogP contribution in [-0.2, 0) is 29.6 Å². The number of sulfonamides is 2. The standard InChI is InChI=1S/C15H21N3O8S3/c1-5-18(6-2)29(24,25)15-11(19)9(8(4)27-15)16-10-12(14(21)26-7-3)28(22,23)17-13(10)20/h16,19H,5-7H2,1-4H3,(H,17,20). The maximum Gasteiger partial charge on any atom is 0.354 e. The van der Waals surface area contributed by atoms with Crippen LogP contribution in [0.2, 0.25) is 0 Å². The predicted molar refractivity (Wildman–Crippen MR) is 107 cm³/mol. The average molecular weight is 468 g/mol. The molecule has 1 aromatic heterocycles. The lowest BCUT2D eigenvalue weighted by atomic mass is 10.3. The second-order valence-electron chi connectivity index (χ2n) is 5.70. The number of esters is 1. The second kappa shape index (κ2) is 8.30. The monoisotopic (exact) mass is 467 g/mol. The molecule has 14 heteroatoms. The molecule has 0 aliphatic carbocycles. The van der Waals surface area contributed by atoms with E-state index in [9.17, 15) is 31.8 Å². The minimum atomic E-state index is -4.52. The smallest absolute Gasteiger partial charge is 0.354 e. The lowest BCUT2D eigenvalue weighted by Gasteiger charge is -2.17. The molecule has 0 radical (unpaired) electrons. The summed E-state index contributed by atoms with van der Waals surface area (Å²) in [4.78, 5) is 11.4. The summed E-state index contributed by atoms with van der Waals surface area (Å²) in [7, 11) is -8.52. The minimum absolute atomic E-state index is 0.124. The highest BCUT2D eigenvalue weighted by atomic mass is 32.2. The van der Waals surface area contributed by atoms with Gasteiger partial charge in [0.05, 0.1) is 12.3 Å². The number of nitrogens with one attached hydrogen (secondary N) is 1. The lowest BCUT2D eigenvalue weighted by molar-refractivity contribution is -0.137. The number of aliphatic hydroxyl groups is 1. The summed E-state index contributed by atoms with van der Waals surface area (Å²) in [6.07, 6.45) is 0. The molecule has 2 heterocycles. The van der Waals surface area contributed by atoms with Gasteiger partial charge in [-0.05, 0) is 13.8 Å². The Labute approximate surface area is 172 Å². The quantitative estimate of drug-likeness (QED) is 0.478. The Bertz CT molecular complexity index is 1100. The summed E-state index contributed by atoms with van der Waals surface area (Å²) in [6.45, 7) is 6.48. The molecule has 1 aliphatic rings. The van der Waals surface area contributed by atoms with Gasteiger partial charge in [0.1, 0.15) is 5.70 Å². The molecule has 0 atom stereocenters. The highest BCUT2D eigenvalue weighted by Crippen LogP contribution is 2.44. The van der Waals surface area contributed by atoms with Crippen LogP contribution in [0, 0.1) is 6.92 Å². The van der Waals surface area contributed by atoms with Gasteiger partial charge < -0.3 is 20.3 Å². The van der Waals surface area contributed by atoms with Crippen molar-refractivity contribution in [3.05, 3.63) is 15.5 Å². The number of anilines is 1. The van der Waals surface area contributed by atoms with Gasteiger partial charge in [0.15, 0.2) is 9.96 Å². The molecule has 1 aromatic rings. The summed E-state index contributed by atoms with van der Waals surface area (Å²) in [5.41, 5.74) is -0.775. The summed E-state index contributed by atoms with van der Waals surface area (Å²) < 4.78 is 58.2. The highest BCUT2D eigenvalue weighted by Gasteiger charge is 2.40. The number of thiophene rings is 1. The van der Waals surface area contributed by atoms with Crippen molar-refractivity contribution in [3.63, 3.8) is 0 Å². The van der Waals surface area contributed by atoms with E-state index < -0.39 is 48.3 Å². The van der Waals surface area contributed by atoms with Gasteiger partial charge in [0.25, 0.3) is 20.0 Å². The van der Waals surface area contributed by atoms with Crippen LogP contribution in [-0.4, -0.2) is 62.9 Å². The van der Waals surface area contributed by atoms with Crippen LogP contribution in [0.25, 0.3) is 0 Å². The van der Waals surface area contributed by atoms with Crippen molar-refractivity contribution in [2.45, 2.75) is 31.9 Å². The summed E-state index contributed by atoms with van der Waals surface area (Å²) in [6, 6.07) is 0. The lowest BCUT2D eigenvalue weighted by Crippen LogP contribution is -2.30. The molecule has 162 valence electrons. The van der Waals surface area contributed by atoms with E-state index in [0.29, 0.717) is 0 Å². The van der Waals surface area contributed by atoms with Gasteiger partial charge in [-0.3, -0.25) is 0 Å². The second-order valence-corrected chi connectivity index (χ2v) is 10.6. The topological polar surface area (TPSA) is 163 Å². The molecule has 1 aliphatic heterocycles. The van der Waals surface area contributed by atoms with Crippen molar-refractivity contribution in [2.75, 3.05) is 25.0 Å². The number of carbonyl (C=O) groups is 1. The van der Waals surface area contributed by atoms with Crippen molar-refractivity contribution in [1.29, 1.82) is 0 Å². The molecule has 0 saturated carbocycles. The minimum Gasteiger partial charge on any atom is -0.504 e. The number of rotatable bonds is 8. The van der Waals surface area contributed by atoms with Crippen molar-refractivity contribution in [3.8, 4) is 5.75 Å². The molecular weight excluding hydrogens is 446 g/mol. The van der Waals surface area contributed by atoms with E-state index >= 15 is 0 Å². The molecule has 0 amide bonds. The Morgan fingerprint density at radius 2 is 1.83 bits per heavy atom. The van der Waals surface area contributed by atoms with E-state index in [1.54, 1.807) is 13.8 Å². The van der Waals surface area contributed by atoms with Gasteiger partial charge >= 0.3 is 5.97 Å². The molecule has 11 nitrogen and oxygen atoms in total. The number of ether oxygens (including phenoxy) is 1. The van der Waals surface area contributed by atoms with E-state index in [2.05, 4.69) is 9.71 Å². The van der Waals surface area contributed by atoms with Crippen LogP contribution in [0.3, 0.4) is 0 Å². The molecule has 0 saturated heterocycles. The van der Waals surface area contributed by atoms with Crippen LogP contribution >= 0.6 is 11.3 Å². The third kappa shape index (κ3) is 4.10. The Morgan fingerprint density at radius 3 is 2.34 bits per heavy atom. The number of hydrogen-bond acceptors (Lipinski definition) is 9. The Morgan fingerprint density at radius 1 is 1.24 bits per heavy atom. The first kappa shape index (κ1) is 23.1. The Balaban J connectivity index is 2.60. The number of carbonyl (C=O) groups excluding carboxylic acids is 1. The molecule has 0 aromatic carbocycles. The molecule has 0 spiro atoms. The van der Waals surface area contributed by atoms with Crippen LogP contribution < -0.4 is 5.32 Å². The van der Waals surface area contributed by atoms with E-state index in [-0.39, 0.29) is 34.5 Å². The van der Waals surface area contributed by atoms with Gasteiger partial charge in [-0.1, -0.05) is 13.8 Å². The molecule has 3 N–H and O–H groups in total. The first-order valence-corrected chi connectivity index (χ1v) is 12.2. The fourth-order valence-electron chi connectivity index (χ4n) is 2.59. The first-order valence-electron chi connectivity index (χ1n) is 8.47. The van der Waals surface area contributed by atoms with E-state index in [1.165, 1.54) is 13.8 Å². The molecule has 0 unspecified atom stereocenters. The van der Waals surface area contributed by atoms with Gasteiger partial charge in [-0.2, -0.15) is 12.7 Å². The van der Waals surface area contributed by atoms with E-state index in [4.69, 9.17) is 4.74 Å². The van der Waals surface area contributed by atoms with Gasteiger partial charge in [-0.25, -0.2) is 13.2 Å². The zero-order chi connectivity index (χ0) is 22.1. The maximum absolute atomic E-state index is 12.7. The molecule has 0 bridgehead atoms. The zero-order valence-corrected chi connectivity index (χ0v) is 18.5. The fourth-order valence-corrected chi connectivity index (χ4v) is 6.77. The average Bonchev–Trinajstić information content (AvgIpc) is 3.02. The van der Waals surface area contributed by atoms with Crippen molar-refractivity contribution >= 4 is 48.9 Å². The van der Waals surface area contributed by atoms with Gasteiger partial charge in [-0.15, -0.1) is 15.7 Å². The fraction of sp³-hybridized carbons (Fsp3) is 0.467. The molecule has 29 heavy (non-hydrogen) atoms. The summed E-state index contributed by atoms with van der Waals surface area (Å²) in [5, 5.41) is 22.9. The SMILES string of the molecule is CCOC(=O)C1=C(Nc2c(C)sc(S(=O)(=O)N(CC)CC)c2O)C(O)=NS1(=O)=O. The van der Waals surface area contributed by atoms with Crippen molar-refractivity contribution in [1.82, 2.24) is 4.31 Å². The molecule has 2 rings (SSSR count). The number of aliphatic hydroxyl groups excluding tert-OH is 1. The normalized spacial score (nSPS) is 16.2. The molecular formula is C15H21N3O8S3. The summed E-state index contributed by atoms with van der Waals surface area (Å²) >= 11 is 0.760. The molecule has 0 fully saturated rings. The van der Waals surface area contributed by atoms with Crippen LogP contribution in [0.4, 0.5) is 5.69 Å². The van der Waals surface area contributed by atoms with Crippen LogP contribution in [0.5, 0.6) is 5.75 Å². The summed E-state index contributed by atoms with van der Waals surface area (Å²) in [5.74, 6) is -2.91. The van der Waals surface area contributed by atoms with Crippen LogP contribution in [0.15, 0.2) is 19.2 Å². The van der Waals surface area contributed by atoms with Crippen molar-refractivity contribution in [2.24, 2.45) is 4.40 Å². The number of aryl methyl sites for hydroxylation is 1. The third-order valence-corrected chi connectivity index (χ3v) is 8.86. The Hall–Kier alpha value is -2.16. The van der Waals surface area contributed by atoms with Crippen LogP contribution in [0.1, 0.15) is 25.6 Å². The maximum atomic E-state index is 12.7. The predicted octanol–water partition coefficient (Wildman–Crippen LogP) is 1.28. The van der Waals surface area contributed by atoms with E-state index in [1.807, 2.05) is 0 Å². The third-order valence-electron chi connectivity index (χ3n) is 3.93. The highest BCUT2D eigenvalue weighted by molar-refractivity contribution is 7.95. The van der Waals surface area contributed by atoms with Crippen molar-refractivity contribution < 1.29 is 36.6 Å². The number of hydrogen-bond donors (Lipinski definition) is 3. The van der Waals surface area contributed by atoms with Gasteiger partial charge in [0.2, 0.25) is 10.8 Å². The van der Waals surface area contributed by atoms with Gasteiger partial charge in [0, 0.05) is 18.0 Å². The van der Waals surface area contributed by atoms with E-state index in [0.717, 1.165) is 15.6 Å².